The molecule has 1 aliphatic rings. The Labute approximate surface area is 141 Å². The Hall–Kier alpha value is -2.05. The first-order valence-electron chi connectivity index (χ1n) is 8.07. The summed E-state index contributed by atoms with van der Waals surface area (Å²) in [7, 11) is 5.14. The van der Waals surface area contributed by atoms with E-state index in [2.05, 4.69) is 9.88 Å². The fourth-order valence-electron chi connectivity index (χ4n) is 3.16. The van der Waals surface area contributed by atoms with Gasteiger partial charge < -0.3 is 24.5 Å². The molecule has 0 atom stereocenters. The lowest BCUT2D eigenvalue weighted by Crippen LogP contribution is -2.30. The molecule has 2 N–H and O–H groups in total. The average Bonchev–Trinajstić information content (AvgIpc) is 3.34. The van der Waals surface area contributed by atoms with Crippen LogP contribution < -0.4 is 15.0 Å². The maximum atomic E-state index is 12.4. The van der Waals surface area contributed by atoms with Gasteiger partial charge in [-0.25, -0.2) is 0 Å². The number of aliphatic hydroxyl groups excluding tert-OH is 1. The van der Waals surface area contributed by atoms with E-state index in [1.807, 2.05) is 19.2 Å². The van der Waals surface area contributed by atoms with Crippen molar-refractivity contribution in [3.8, 4) is 11.5 Å². The molecule has 0 spiro atoms. The Morgan fingerprint density at radius 1 is 1.21 bits per heavy atom. The summed E-state index contributed by atoms with van der Waals surface area (Å²) in [5, 5.41) is 10.4. The molecule has 1 aromatic heterocycles. The highest BCUT2D eigenvalue weighted by Crippen LogP contribution is 2.45. The van der Waals surface area contributed by atoms with Gasteiger partial charge in [-0.05, 0) is 32.0 Å². The third-order valence-electron chi connectivity index (χ3n) is 4.76. The van der Waals surface area contributed by atoms with Crippen molar-refractivity contribution in [3.05, 3.63) is 34.1 Å². The van der Waals surface area contributed by atoms with Crippen LogP contribution in [0.4, 0.5) is 0 Å². The van der Waals surface area contributed by atoms with E-state index in [1.165, 1.54) is 0 Å². The predicted octanol–water partition coefficient (Wildman–Crippen LogP) is 1.75. The molecule has 2 aromatic rings. The van der Waals surface area contributed by atoms with E-state index in [-0.39, 0.29) is 17.6 Å². The summed E-state index contributed by atoms with van der Waals surface area (Å²) in [6.07, 6.45) is 2.11. The topological polar surface area (TPSA) is 74.8 Å². The molecule has 1 aliphatic carbocycles. The summed E-state index contributed by atoms with van der Waals surface area (Å²) in [6.45, 7) is 1.55. The zero-order valence-electron chi connectivity index (χ0n) is 14.4. The van der Waals surface area contributed by atoms with Crippen LogP contribution in [-0.2, 0) is 6.54 Å². The molecule has 1 heterocycles. The minimum absolute atomic E-state index is 0.0367. The van der Waals surface area contributed by atoms with Gasteiger partial charge in [-0.1, -0.05) is 0 Å². The Morgan fingerprint density at radius 3 is 2.46 bits per heavy atom. The van der Waals surface area contributed by atoms with Crippen molar-refractivity contribution in [1.82, 2.24) is 9.88 Å². The maximum absolute atomic E-state index is 12.4. The van der Waals surface area contributed by atoms with Gasteiger partial charge in [0.15, 0.2) is 11.5 Å². The van der Waals surface area contributed by atoms with Gasteiger partial charge in [0.05, 0.1) is 19.7 Å². The van der Waals surface area contributed by atoms with Gasteiger partial charge in [0.1, 0.15) is 0 Å². The molecule has 0 saturated heterocycles. The molecule has 24 heavy (non-hydrogen) atoms. The lowest BCUT2D eigenvalue weighted by atomic mass is 10.1. The van der Waals surface area contributed by atoms with Crippen LogP contribution in [0.1, 0.15) is 18.4 Å². The average molecular weight is 332 g/mol. The molecule has 0 unspecified atom stereocenters. The number of methoxy groups -OCH3 is 2. The largest absolute Gasteiger partial charge is 0.493 e. The van der Waals surface area contributed by atoms with Crippen LogP contribution in [0.25, 0.3) is 10.9 Å². The van der Waals surface area contributed by atoms with E-state index in [9.17, 15) is 9.90 Å². The first-order chi connectivity index (χ1) is 11.5. The number of aromatic amines is 1. The van der Waals surface area contributed by atoms with E-state index in [0.717, 1.165) is 30.3 Å². The second-order valence-electron chi connectivity index (χ2n) is 6.75. The van der Waals surface area contributed by atoms with Crippen LogP contribution in [0.3, 0.4) is 0 Å². The Bertz CT molecular complexity index is 795. The Morgan fingerprint density at radius 2 is 1.88 bits per heavy atom. The van der Waals surface area contributed by atoms with Crippen LogP contribution in [0.5, 0.6) is 11.5 Å². The zero-order valence-corrected chi connectivity index (χ0v) is 14.4. The van der Waals surface area contributed by atoms with Crippen molar-refractivity contribution in [1.29, 1.82) is 0 Å². The van der Waals surface area contributed by atoms with Crippen molar-refractivity contribution in [2.24, 2.45) is 5.41 Å². The van der Waals surface area contributed by atoms with E-state index >= 15 is 0 Å². The monoisotopic (exact) mass is 332 g/mol. The van der Waals surface area contributed by atoms with Gasteiger partial charge in [0.25, 0.3) is 5.56 Å². The summed E-state index contributed by atoms with van der Waals surface area (Å²) < 4.78 is 10.6. The third kappa shape index (κ3) is 3.25. The number of rotatable bonds is 7. The number of aliphatic hydroxyl groups is 1. The fourth-order valence-corrected chi connectivity index (χ4v) is 3.16. The van der Waals surface area contributed by atoms with Crippen molar-refractivity contribution in [2.75, 3.05) is 34.4 Å². The van der Waals surface area contributed by atoms with Crippen molar-refractivity contribution < 1.29 is 14.6 Å². The Kier molecular flexibility index (Phi) is 4.51. The van der Waals surface area contributed by atoms with Gasteiger partial charge in [0.2, 0.25) is 0 Å². The lowest BCUT2D eigenvalue weighted by Gasteiger charge is -2.22. The highest BCUT2D eigenvalue weighted by Gasteiger charge is 2.42. The number of nitrogens with one attached hydrogen (secondary N) is 1. The summed E-state index contributed by atoms with van der Waals surface area (Å²) in [5.41, 5.74) is 1.36. The third-order valence-corrected chi connectivity index (χ3v) is 4.76. The number of fused-ring (bicyclic) bond motifs is 1. The van der Waals surface area contributed by atoms with Gasteiger partial charge in [-0.2, -0.15) is 0 Å². The molecule has 0 amide bonds. The van der Waals surface area contributed by atoms with E-state index in [1.54, 1.807) is 20.3 Å². The van der Waals surface area contributed by atoms with Crippen molar-refractivity contribution in [2.45, 2.75) is 19.4 Å². The Balaban J connectivity index is 1.88. The molecule has 0 bridgehead atoms. The number of hydrogen-bond donors (Lipinski definition) is 2. The normalized spacial score (nSPS) is 15.7. The number of benzene rings is 1. The zero-order chi connectivity index (χ0) is 17.3. The highest BCUT2D eigenvalue weighted by molar-refractivity contribution is 5.83. The minimum atomic E-state index is -0.101. The molecule has 130 valence electrons. The van der Waals surface area contributed by atoms with E-state index < -0.39 is 0 Å². The summed E-state index contributed by atoms with van der Waals surface area (Å²) in [5.74, 6) is 1.22. The molecule has 1 aromatic carbocycles. The number of H-pyrrole nitrogens is 1. The van der Waals surface area contributed by atoms with Crippen LogP contribution in [-0.4, -0.2) is 49.4 Å². The first-order valence-corrected chi connectivity index (χ1v) is 8.07. The number of pyridine rings is 1. The van der Waals surface area contributed by atoms with Crippen LogP contribution in [0.15, 0.2) is 23.0 Å². The second kappa shape index (κ2) is 6.45. The standard InChI is InChI=1S/C18H24N2O4/c1-20(10-18(11-21)4-5-18)9-13-6-12-7-15(23-2)16(24-3)8-14(12)19-17(13)22/h6-8,21H,4-5,9-11H2,1-3H3,(H,19,22). The maximum Gasteiger partial charge on any atom is 0.252 e. The molecule has 0 aliphatic heterocycles. The second-order valence-corrected chi connectivity index (χ2v) is 6.75. The molecule has 3 rings (SSSR count). The smallest absolute Gasteiger partial charge is 0.252 e. The van der Waals surface area contributed by atoms with E-state index in [4.69, 9.17) is 9.47 Å². The molecule has 6 nitrogen and oxygen atoms in total. The number of nitrogens with zero attached hydrogens (tertiary/aromatic N) is 1. The number of ether oxygens (including phenoxy) is 2. The minimum Gasteiger partial charge on any atom is -0.493 e. The van der Waals surface area contributed by atoms with Crippen molar-refractivity contribution >= 4 is 10.9 Å². The quantitative estimate of drug-likeness (QED) is 0.808. The van der Waals surface area contributed by atoms with Gasteiger partial charge in [0, 0.05) is 42.1 Å². The number of hydrogen-bond acceptors (Lipinski definition) is 5. The molecule has 1 fully saturated rings. The van der Waals surface area contributed by atoms with Gasteiger partial charge in [-0.15, -0.1) is 0 Å². The highest BCUT2D eigenvalue weighted by atomic mass is 16.5. The van der Waals surface area contributed by atoms with Crippen molar-refractivity contribution in [3.63, 3.8) is 0 Å². The molecule has 0 radical (unpaired) electrons. The van der Waals surface area contributed by atoms with E-state index in [0.29, 0.717) is 23.6 Å². The lowest BCUT2D eigenvalue weighted by molar-refractivity contribution is 0.161. The summed E-state index contributed by atoms with van der Waals surface area (Å²) in [4.78, 5) is 17.4. The van der Waals surface area contributed by atoms with Crippen LogP contribution in [0.2, 0.25) is 0 Å². The molecular weight excluding hydrogens is 308 g/mol. The van der Waals surface area contributed by atoms with Crippen LogP contribution in [0, 0.1) is 5.41 Å². The summed E-state index contributed by atoms with van der Waals surface area (Å²) in [6, 6.07) is 5.53. The molecule has 6 heteroatoms. The molecular formula is C18H24N2O4. The SMILES string of the molecule is COc1cc2cc(CN(C)CC3(CO)CC3)c(=O)[nH]c2cc1OC. The van der Waals surface area contributed by atoms with Gasteiger partial charge >= 0.3 is 0 Å². The predicted molar refractivity (Wildman–Crippen MR) is 92.8 cm³/mol. The number of aromatic nitrogens is 1. The fraction of sp³-hybridized carbons (Fsp3) is 0.500. The summed E-state index contributed by atoms with van der Waals surface area (Å²) >= 11 is 0. The first kappa shape index (κ1) is 16.8. The van der Waals surface area contributed by atoms with Crippen LogP contribution >= 0.6 is 0 Å². The van der Waals surface area contributed by atoms with Gasteiger partial charge in [-0.3, -0.25) is 4.79 Å². The molecule has 1 saturated carbocycles.